The van der Waals surface area contributed by atoms with Crippen molar-refractivity contribution in [3.05, 3.63) is 26.7 Å². The zero-order valence-corrected chi connectivity index (χ0v) is 14.2. The Morgan fingerprint density at radius 2 is 2.00 bits per heavy atom. The van der Waals surface area contributed by atoms with E-state index in [1.165, 1.54) is 6.42 Å². The Hall–Kier alpha value is -0.740. The molecule has 1 aliphatic heterocycles. The van der Waals surface area contributed by atoms with Crippen molar-refractivity contribution < 1.29 is 9.53 Å². The van der Waals surface area contributed by atoms with Crippen molar-refractivity contribution in [2.75, 3.05) is 19.7 Å². The van der Waals surface area contributed by atoms with Crippen LogP contribution in [0.2, 0.25) is 5.02 Å². The van der Waals surface area contributed by atoms with Gasteiger partial charge in [0.05, 0.1) is 4.47 Å². The maximum absolute atomic E-state index is 12.1. The number of carbonyl (C=O) groups is 1. The van der Waals surface area contributed by atoms with Gasteiger partial charge in [-0.3, -0.25) is 4.79 Å². The van der Waals surface area contributed by atoms with E-state index >= 15 is 0 Å². The van der Waals surface area contributed by atoms with E-state index in [1.807, 2.05) is 24.8 Å². The number of nitrogens with zero attached hydrogens (tertiary/aromatic N) is 1. The van der Waals surface area contributed by atoms with E-state index in [-0.39, 0.29) is 12.5 Å². The lowest BCUT2D eigenvalue weighted by atomic mass is 10.1. The van der Waals surface area contributed by atoms with E-state index in [9.17, 15) is 4.79 Å². The van der Waals surface area contributed by atoms with Crippen LogP contribution < -0.4 is 4.74 Å². The SMILES string of the molecule is Cc1cc(OCC(=O)N2CCCCC2)c(Br)c(C)c1Cl. The summed E-state index contributed by atoms with van der Waals surface area (Å²) in [6, 6.07) is 1.86. The Balaban J connectivity index is 2.02. The molecule has 0 radical (unpaired) electrons. The lowest BCUT2D eigenvalue weighted by Crippen LogP contribution is -2.38. The Labute approximate surface area is 133 Å². The van der Waals surface area contributed by atoms with Gasteiger partial charge >= 0.3 is 0 Å². The van der Waals surface area contributed by atoms with Crippen molar-refractivity contribution in [3.8, 4) is 5.75 Å². The van der Waals surface area contributed by atoms with Gasteiger partial charge in [0, 0.05) is 18.1 Å². The summed E-state index contributed by atoms with van der Waals surface area (Å²) in [4.78, 5) is 14.0. The molecule has 0 N–H and O–H groups in total. The molecule has 3 nitrogen and oxygen atoms in total. The molecule has 0 bridgehead atoms. The number of ether oxygens (including phenoxy) is 1. The topological polar surface area (TPSA) is 29.5 Å². The molecule has 0 atom stereocenters. The molecule has 0 aliphatic carbocycles. The minimum atomic E-state index is 0.0573. The van der Waals surface area contributed by atoms with Crippen molar-refractivity contribution in [2.24, 2.45) is 0 Å². The molecule has 0 spiro atoms. The van der Waals surface area contributed by atoms with Crippen LogP contribution in [0, 0.1) is 13.8 Å². The summed E-state index contributed by atoms with van der Waals surface area (Å²) in [5.41, 5.74) is 1.89. The first-order chi connectivity index (χ1) is 9.50. The molecule has 1 heterocycles. The van der Waals surface area contributed by atoms with Gasteiger partial charge in [-0.15, -0.1) is 0 Å². The number of likely N-dealkylation sites (tertiary alicyclic amines) is 1. The number of benzene rings is 1. The minimum Gasteiger partial charge on any atom is -0.483 e. The van der Waals surface area contributed by atoms with Crippen LogP contribution in [0.15, 0.2) is 10.5 Å². The standard InChI is InChI=1S/C15H19BrClNO2/c1-10-8-12(14(16)11(2)15(10)17)20-9-13(19)18-6-4-3-5-7-18/h8H,3-7,9H2,1-2H3. The largest absolute Gasteiger partial charge is 0.483 e. The maximum Gasteiger partial charge on any atom is 0.260 e. The van der Waals surface area contributed by atoms with Crippen LogP contribution in [0.1, 0.15) is 30.4 Å². The first-order valence-corrected chi connectivity index (χ1v) is 8.03. The average molecular weight is 361 g/mol. The fourth-order valence-corrected chi connectivity index (χ4v) is 3.07. The minimum absolute atomic E-state index is 0.0573. The number of aryl methyl sites for hydroxylation is 1. The predicted molar refractivity (Wildman–Crippen MR) is 84.6 cm³/mol. The normalized spacial score (nSPS) is 15.3. The van der Waals surface area contributed by atoms with Crippen LogP contribution in [0.4, 0.5) is 0 Å². The van der Waals surface area contributed by atoms with Gasteiger partial charge in [0.1, 0.15) is 5.75 Å². The smallest absolute Gasteiger partial charge is 0.260 e. The highest BCUT2D eigenvalue weighted by Gasteiger charge is 2.18. The first-order valence-electron chi connectivity index (χ1n) is 6.86. The highest BCUT2D eigenvalue weighted by atomic mass is 79.9. The second-order valence-corrected chi connectivity index (χ2v) is 6.35. The lowest BCUT2D eigenvalue weighted by Gasteiger charge is -2.26. The molecule has 0 aromatic heterocycles. The molecule has 1 saturated heterocycles. The van der Waals surface area contributed by atoms with Gasteiger partial charge in [-0.05, 0) is 66.2 Å². The third kappa shape index (κ3) is 3.47. The molecule has 1 aromatic rings. The third-order valence-corrected chi connectivity index (χ3v) is 5.20. The second kappa shape index (κ2) is 6.81. The van der Waals surface area contributed by atoms with Gasteiger partial charge < -0.3 is 9.64 Å². The molecule has 1 fully saturated rings. The monoisotopic (exact) mass is 359 g/mol. The zero-order chi connectivity index (χ0) is 14.7. The first kappa shape index (κ1) is 15.6. The molecule has 1 aromatic carbocycles. The molecule has 1 amide bonds. The number of hydrogen-bond acceptors (Lipinski definition) is 2. The van der Waals surface area contributed by atoms with Gasteiger partial charge in [-0.25, -0.2) is 0 Å². The Morgan fingerprint density at radius 3 is 2.65 bits per heavy atom. The fraction of sp³-hybridized carbons (Fsp3) is 0.533. The summed E-state index contributed by atoms with van der Waals surface area (Å²) in [6.45, 7) is 5.64. The van der Waals surface area contributed by atoms with Crippen LogP contribution in [0.3, 0.4) is 0 Å². The van der Waals surface area contributed by atoms with E-state index in [1.54, 1.807) is 0 Å². The van der Waals surface area contributed by atoms with Gasteiger partial charge in [-0.2, -0.15) is 0 Å². The van der Waals surface area contributed by atoms with Gasteiger partial charge in [-0.1, -0.05) is 11.6 Å². The second-order valence-electron chi connectivity index (χ2n) is 5.17. The molecule has 1 aliphatic rings. The number of piperidine rings is 1. The van der Waals surface area contributed by atoms with Gasteiger partial charge in [0.15, 0.2) is 6.61 Å². The van der Waals surface area contributed by atoms with E-state index in [2.05, 4.69) is 15.9 Å². The number of halogens is 2. The summed E-state index contributed by atoms with van der Waals surface area (Å²) in [5.74, 6) is 0.733. The average Bonchev–Trinajstić information content (AvgIpc) is 2.48. The maximum atomic E-state index is 12.1. The number of rotatable bonds is 3. The molecular weight excluding hydrogens is 342 g/mol. The summed E-state index contributed by atoms with van der Waals surface area (Å²) in [5, 5.41) is 0.728. The predicted octanol–water partition coefficient (Wildman–Crippen LogP) is 4.11. The Morgan fingerprint density at radius 1 is 1.35 bits per heavy atom. The van der Waals surface area contributed by atoms with Crippen LogP contribution in [-0.2, 0) is 4.79 Å². The summed E-state index contributed by atoms with van der Waals surface area (Å²) in [7, 11) is 0. The van der Waals surface area contributed by atoms with Crippen molar-refractivity contribution in [2.45, 2.75) is 33.1 Å². The highest BCUT2D eigenvalue weighted by molar-refractivity contribution is 9.10. The molecule has 0 unspecified atom stereocenters. The molecule has 20 heavy (non-hydrogen) atoms. The van der Waals surface area contributed by atoms with E-state index in [0.717, 1.165) is 46.6 Å². The van der Waals surface area contributed by atoms with Crippen LogP contribution in [-0.4, -0.2) is 30.5 Å². The van der Waals surface area contributed by atoms with Gasteiger partial charge in [0.2, 0.25) is 0 Å². The van der Waals surface area contributed by atoms with Crippen LogP contribution in [0.25, 0.3) is 0 Å². The molecule has 0 saturated carbocycles. The Bertz CT molecular complexity index is 513. The van der Waals surface area contributed by atoms with Crippen molar-refractivity contribution in [1.29, 1.82) is 0 Å². The van der Waals surface area contributed by atoms with E-state index < -0.39 is 0 Å². The van der Waals surface area contributed by atoms with E-state index in [4.69, 9.17) is 16.3 Å². The molecule has 2 rings (SSSR count). The number of hydrogen-bond donors (Lipinski definition) is 0. The molecule has 5 heteroatoms. The summed E-state index contributed by atoms with van der Waals surface area (Å²) >= 11 is 9.66. The van der Waals surface area contributed by atoms with Crippen molar-refractivity contribution in [1.82, 2.24) is 4.90 Å². The zero-order valence-electron chi connectivity index (χ0n) is 11.8. The van der Waals surface area contributed by atoms with Gasteiger partial charge in [0.25, 0.3) is 5.91 Å². The number of carbonyl (C=O) groups excluding carboxylic acids is 1. The fourth-order valence-electron chi connectivity index (χ4n) is 2.38. The lowest BCUT2D eigenvalue weighted by molar-refractivity contribution is -0.134. The summed E-state index contributed by atoms with van der Waals surface area (Å²) in [6.07, 6.45) is 3.40. The third-order valence-electron chi connectivity index (χ3n) is 3.63. The highest BCUT2D eigenvalue weighted by Crippen LogP contribution is 2.35. The van der Waals surface area contributed by atoms with E-state index in [0.29, 0.717) is 5.75 Å². The molecular formula is C15H19BrClNO2. The van der Waals surface area contributed by atoms with Crippen molar-refractivity contribution >= 4 is 33.4 Å². The quantitative estimate of drug-likeness (QED) is 0.812. The molecule has 110 valence electrons. The number of amides is 1. The van der Waals surface area contributed by atoms with Crippen LogP contribution >= 0.6 is 27.5 Å². The van der Waals surface area contributed by atoms with Crippen LogP contribution in [0.5, 0.6) is 5.75 Å². The summed E-state index contributed by atoms with van der Waals surface area (Å²) < 4.78 is 6.49. The Kier molecular flexibility index (Phi) is 5.33. The van der Waals surface area contributed by atoms with Crippen molar-refractivity contribution in [3.63, 3.8) is 0 Å².